The first-order valence-electron chi connectivity index (χ1n) is 6.55. The molecule has 0 aliphatic rings. The Hall–Kier alpha value is -0.860. The van der Waals surface area contributed by atoms with Crippen molar-refractivity contribution in [1.82, 2.24) is 5.32 Å². The largest absolute Gasteiger partial charge is 0.394 e. The second kappa shape index (κ2) is 7.46. The molecule has 0 bridgehead atoms. The number of benzene rings is 1. The normalized spacial score (nSPS) is 14.9. The highest BCUT2D eigenvalue weighted by Crippen LogP contribution is 2.14. The lowest BCUT2D eigenvalue weighted by atomic mass is 10.0. The van der Waals surface area contributed by atoms with Gasteiger partial charge in [-0.15, -0.1) is 0 Å². The summed E-state index contributed by atoms with van der Waals surface area (Å²) in [5.74, 6) is 0.739. The predicted octanol–water partition coefficient (Wildman–Crippen LogP) is 3.13. The topological polar surface area (TPSA) is 32.3 Å². The standard InChI is InChI=1S/C15H25NO/c1-12(2)9-10-13(3)16-15(11-17)14-7-5-4-6-8-14/h4-8,12-13,15-17H,9-11H2,1-3H3. The van der Waals surface area contributed by atoms with Crippen LogP contribution in [0.4, 0.5) is 0 Å². The van der Waals surface area contributed by atoms with Gasteiger partial charge in [0.05, 0.1) is 12.6 Å². The van der Waals surface area contributed by atoms with Gasteiger partial charge in [0, 0.05) is 6.04 Å². The van der Waals surface area contributed by atoms with Crippen molar-refractivity contribution >= 4 is 0 Å². The van der Waals surface area contributed by atoms with Gasteiger partial charge in [0.25, 0.3) is 0 Å². The zero-order chi connectivity index (χ0) is 12.7. The number of hydrogen-bond donors (Lipinski definition) is 2. The molecule has 1 aromatic carbocycles. The number of hydrogen-bond acceptors (Lipinski definition) is 2. The van der Waals surface area contributed by atoms with Crippen molar-refractivity contribution in [2.75, 3.05) is 6.61 Å². The molecule has 0 saturated carbocycles. The minimum Gasteiger partial charge on any atom is -0.394 e. The van der Waals surface area contributed by atoms with Crippen LogP contribution < -0.4 is 5.32 Å². The molecule has 2 N–H and O–H groups in total. The third-order valence-corrected chi connectivity index (χ3v) is 3.05. The lowest BCUT2D eigenvalue weighted by Crippen LogP contribution is -2.32. The van der Waals surface area contributed by atoms with Gasteiger partial charge in [-0.25, -0.2) is 0 Å². The van der Waals surface area contributed by atoms with Crippen LogP contribution in [0.1, 0.15) is 45.2 Å². The van der Waals surface area contributed by atoms with Gasteiger partial charge in [0.15, 0.2) is 0 Å². The Morgan fingerprint density at radius 3 is 2.24 bits per heavy atom. The van der Waals surface area contributed by atoms with Gasteiger partial charge < -0.3 is 10.4 Å². The summed E-state index contributed by atoms with van der Waals surface area (Å²) in [6.07, 6.45) is 2.38. The quantitative estimate of drug-likeness (QED) is 0.761. The van der Waals surface area contributed by atoms with Crippen LogP contribution in [0.2, 0.25) is 0 Å². The van der Waals surface area contributed by atoms with Crippen molar-refractivity contribution in [2.24, 2.45) is 5.92 Å². The van der Waals surface area contributed by atoms with E-state index in [1.54, 1.807) is 0 Å². The van der Waals surface area contributed by atoms with E-state index >= 15 is 0 Å². The third-order valence-electron chi connectivity index (χ3n) is 3.05. The monoisotopic (exact) mass is 235 g/mol. The molecule has 0 saturated heterocycles. The predicted molar refractivity (Wildman–Crippen MR) is 72.9 cm³/mol. The van der Waals surface area contributed by atoms with Crippen molar-refractivity contribution in [3.8, 4) is 0 Å². The van der Waals surface area contributed by atoms with Gasteiger partial charge in [-0.3, -0.25) is 0 Å². The second-order valence-corrected chi connectivity index (χ2v) is 5.18. The summed E-state index contributed by atoms with van der Waals surface area (Å²) in [6, 6.07) is 10.6. The maximum Gasteiger partial charge on any atom is 0.0626 e. The molecule has 0 spiro atoms. The molecule has 2 nitrogen and oxygen atoms in total. The van der Waals surface area contributed by atoms with Crippen LogP contribution in [0.5, 0.6) is 0 Å². The molecule has 96 valence electrons. The van der Waals surface area contributed by atoms with Crippen LogP contribution in [0, 0.1) is 5.92 Å². The molecule has 2 heteroatoms. The lowest BCUT2D eigenvalue weighted by Gasteiger charge is -2.22. The Bertz CT molecular complexity index is 297. The van der Waals surface area contributed by atoms with E-state index in [1.807, 2.05) is 18.2 Å². The van der Waals surface area contributed by atoms with E-state index in [9.17, 15) is 5.11 Å². The van der Waals surface area contributed by atoms with E-state index < -0.39 is 0 Å². The SMILES string of the molecule is CC(C)CCC(C)NC(CO)c1ccccc1. The van der Waals surface area contributed by atoms with Gasteiger partial charge >= 0.3 is 0 Å². The fraction of sp³-hybridized carbons (Fsp3) is 0.600. The summed E-state index contributed by atoms with van der Waals surface area (Å²) in [5.41, 5.74) is 1.16. The van der Waals surface area contributed by atoms with Crippen LogP contribution in [-0.2, 0) is 0 Å². The fourth-order valence-corrected chi connectivity index (χ4v) is 1.95. The lowest BCUT2D eigenvalue weighted by molar-refractivity contribution is 0.231. The van der Waals surface area contributed by atoms with Gasteiger partial charge in [-0.2, -0.15) is 0 Å². The summed E-state index contributed by atoms with van der Waals surface area (Å²) in [7, 11) is 0. The molecule has 2 atom stereocenters. The smallest absolute Gasteiger partial charge is 0.0626 e. The first kappa shape index (κ1) is 14.2. The minimum atomic E-state index is 0.0540. The summed E-state index contributed by atoms with van der Waals surface area (Å²) in [5, 5.41) is 12.9. The molecule has 17 heavy (non-hydrogen) atoms. The zero-order valence-corrected chi connectivity index (χ0v) is 11.2. The number of aliphatic hydroxyl groups excluding tert-OH is 1. The van der Waals surface area contributed by atoms with Crippen molar-refractivity contribution in [2.45, 2.75) is 45.7 Å². The highest BCUT2D eigenvalue weighted by Gasteiger charge is 2.13. The van der Waals surface area contributed by atoms with Crippen molar-refractivity contribution in [3.63, 3.8) is 0 Å². The molecule has 1 aromatic rings. The van der Waals surface area contributed by atoms with Crippen molar-refractivity contribution < 1.29 is 5.11 Å². The third kappa shape index (κ3) is 5.33. The number of aliphatic hydroxyl groups is 1. The second-order valence-electron chi connectivity index (χ2n) is 5.18. The van der Waals surface area contributed by atoms with E-state index in [-0.39, 0.29) is 12.6 Å². The molecule has 2 unspecified atom stereocenters. The average molecular weight is 235 g/mol. The van der Waals surface area contributed by atoms with Crippen LogP contribution in [0.15, 0.2) is 30.3 Å². The number of rotatable bonds is 7. The highest BCUT2D eigenvalue weighted by atomic mass is 16.3. The Balaban J connectivity index is 2.47. The Morgan fingerprint density at radius 2 is 1.71 bits per heavy atom. The van der Waals surface area contributed by atoms with E-state index in [0.717, 1.165) is 17.9 Å². The van der Waals surface area contributed by atoms with E-state index in [1.165, 1.54) is 6.42 Å². The molecule has 0 aromatic heterocycles. The molecule has 0 aliphatic heterocycles. The molecular formula is C15H25NO. The maximum atomic E-state index is 9.44. The van der Waals surface area contributed by atoms with Gasteiger partial charge in [-0.1, -0.05) is 44.2 Å². The average Bonchev–Trinajstić information content (AvgIpc) is 2.34. The molecule has 1 rings (SSSR count). The minimum absolute atomic E-state index is 0.0540. The Morgan fingerprint density at radius 1 is 1.06 bits per heavy atom. The van der Waals surface area contributed by atoms with Crippen molar-refractivity contribution in [3.05, 3.63) is 35.9 Å². The summed E-state index contributed by atoms with van der Waals surface area (Å²) in [4.78, 5) is 0. The van der Waals surface area contributed by atoms with Gasteiger partial charge in [0.1, 0.15) is 0 Å². The van der Waals surface area contributed by atoms with Gasteiger partial charge in [0.2, 0.25) is 0 Å². The Labute approximate surface area is 105 Å². The highest BCUT2D eigenvalue weighted by molar-refractivity contribution is 5.19. The van der Waals surface area contributed by atoms with Crippen molar-refractivity contribution in [1.29, 1.82) is 0 Å². The molecule has 0 heterocycles. The van der Waals surface area contributed by atoms with Crippen LogP contribution in [0.3, 0.4) is 0 Å². The van der Waals surface area contributed by atoms with Gasteiger partial charge in [-0.05, 0) is 31.2 Å². The molecule has 0 radical (unpaired) electrons. The van der Waals surface area contributed by atoms with E-state index in [0.29, 0.717) is 6.04 Å². The van der Waals surface area contributed by atoms with Crippen LogP contribution in [0.25, 0.3) is 0 Å². The fourth-order valence-electron chi connectivity index (χ4n) is 1.95. The van der Waals surface area contributed by atoms with E-state index in [2.05, 4.69) is 38.2 Å². The molecule has 0 fully saturated rings. The maximum absolute atomic E-state index is 9.44. The first-order valence-corrected chi connectivity index (χ1v) is 6.55. The zero-order valence-electron chi connectivity index (χ0n) is 11.2. The number of nitrogens with one attached hydrogen (secondary N) is 1. The Kier molecular flexibility index (Phi) is 6.23. The summed E-state index contributed by atoms with van der Waals surface area (Å²) >= 11 is 0. The van der Waals surface area contributed by atoms with Crippen LogP contribution >= 0.6 is 0 Å². The van der Waals surface area contributed by atoms with E-state index in [4.69, 9.17) is 0 Å². The first-order chi connectivity index (χ1) is 8.13. The van der Waals surface area contributed by atoms with Crippen LogP contribution in [-0.4, -0.2) is 17.8 Å². The molecule has 0 aliphatic carbocycles. The molecule has 0 amide bonds. The molecular weight excluding hydrogens is 210 g/mol. The summed E-state index contributed by atoms with van der Waals surface area (Å²) < 4.78 is 0. The summed E-state index contributed by atoms with van der Waals surface area (Å²) in [6.45, 7) is 6.82.